The van der Waals surface area contributed by atoms with E-state index in [1.807, 2.05) is 18.2 Å². The van der Waals surface area contributed by atoms with E-state index in [1.165, 1.54) is 32.1 Å². The molecule has 0 saturated heterocycles. The molecule has 0 radical (unpaired) electrons. The number of fused-ring (bicyclic) bond motifs is 1. The van der Waals surface area contributed by atoms with E-state index in [9.17, 15) is 9.90 Å². The fourth-order valence-electron chi connectivity index (χ4n) is 3.03. The molecule has 0 saturated carbocycles. The van der Waals surface area contributed by atoms with Crippen molar-refractivity contribution in [1.29, 1.82) is 0 Å². The van der Waals surface area contributed by atoms with Gasteiger partial charge in [-0.25, -0.2) is 0 Å². The maximum atomic E-state index is 11.3. The highest BCUT2D eigenvalue weighted by atomic mass is 16.4. The van der Waals surface area contributed by atoms with E-state index in [4.69, 9.17) is 0 Å². The first-order valence-corrected chi connectivity index (χ1v) is 7.80. The van der Waals surface area contributed by atoms with E-state index < -0.39 is 5.97 Å². The summed E-state index contributed by atoms with van der Waals surface area (Å²) >= 11 is 0. The van der Waals surface area contributed by atoms with Gasteiger partial charge in [0.1, 0.15) is 0 Å². The van der Waals surface area contributed by atoms with E-state index in [-0.39, 0.29) is 5.92 Å². The molecule has 3 nitrogen and oxygen atoms in total. The summed E-state index contributed by atoms with van der Waals surface area (Å²) < 4.78 is 0. The van der Waals surface area contributed by atoms with Gasteiger partial charge in [-0.15, -0.1) is 0 Å². The molecule has 0 fully saturated rings. The lowest BCUT2D eigenvalue weighted by molar-refractivity contribution is -0.139. The van der Waals surface area contributed by atoms with Gasteiger partial charge in [0.15, 0.2) is 0 Å². The maximum Gasteiger partial charge on any atom is 0.311 e. The van der Waals surface area contributed by atoms with Crippen molar-refractivity contribution >= 4 is 11.7 Å². The summed E-state index contributed by atoms with van der Waals surface area (Å²) in [5.41, 5.74) is 2.11. The molecule has 0 bridgehead atoms. The van der Waals surface area contributed by atoms with Crippen molar-refractivity contribution in [2.24, 2.45) is 0 Å². The summed E-state index contributed by atoms with van der Waals surface area (Å²) in [6, 6.07) is 7.99. The molecule has 110 valence electrons. The van der Waals surface area contributed by atoms with Crippen LogP contribution in [0.5, 0.6) is 0 Å². The van der Waals surface area contributed by atoms with Crippen molar-refractivity contribution in [2.45, 2.75) is 51.4 Å². The number of carbonyl (C=O) groups is 1. The number of aliphatic carboxylic acids is 1. The fraction of sp³-hybridized carbons (Fsp3) is 0.588. The highest BCUT2D eigenvalue weighted by molar-refractivity contribution is 5.80. The molecule has 20 heavy (non-hydrogen) atoms. The number of hydrogen-bond donors (Lipinski definition) is 1. The third-order valence-electron chi connectivity index (χ3n) is 4.17. The van der Waals surface area contributed by atoms with Gasteiger partial charge in [-0.1, -0.05) is 50.8 Å². The highest BCUT2D eigenvalue weighted by Gasteiger charge is 2.29. The Balaban J connectivity index is 1.98. The van der Waals surface area contributed by atoms with Crippen LogP contribution in [0.25, 0.3) is 0 Å². The van der Waals surface area contributed by atoms with Crippen molar-refractivity contribution < 1.29 is 9.90 Å². The Kier molecular flexibility index (Phi) is 5.45. The number of para-hydroxylation sites is 1. The number of benzene rings is 1. The second-order valence-electron chi connectivity index (χ2n) is 5.64. The molecule has 0 aromatic heterocycles. The number of hydrogen-bond acceptors (Lipinski definition) is 2. The van der Waals surface area contributed by atoms with E-state index in [0.29, 0.717) is 0 Å². The van der Waals surface area contributed by atoms with Crippen molar-refractivity contribution in [1.82, 2.24) is 0 Å². The van der Waals surface area contributed by atoms with Crippen molar-refractivity contribution in [3.63, 3.8) is 0 Å². The summed E-state index contributed by atoms with van der Waals surface area (Å²) in [4.78, 5) is 13.7. The molecule has 0 amide bonds. The lowest BCUT2D eigenvalue weighted by atomic mass is 9.90. The second kappa shape index (κ2) is 7.32. The molecule has 1 aromatic rings. The van der Waals surface area contributed by atoms with Gasteiger partial charge in [-0.3, -0.25) is 4.79 Å². The minimum Gasteiger partial charge on any atom is -0.481 e. The zero-order valence-corrected chi connectivity index (χ0v) is 12.3. The van der Waals surface area contributed by atoms with Gasteiger partial charge in [0, 0.05) is 18.8 Å². The highest BCUT2D eigenvalue weighted by Crippen LogP contribution is 2.35. The van der Waals surface area contributed by atoms with Gasteiger partial charge >= 0.3 is 5.97 Å². The first-order valence-electron chi connectivity index (χ1n) is 7.80. The number of anilines is 1. The van der Waals surface area contributed by atoms with Crippen LogP contribution < -0.4 is 4.90 Å². The van der Waals surface area contributed by atoms with Crippen LogP contribution >= 0.6 is 0 Å². The molecule has 1 aliphatic heterocycles. The maximum absolute atomic E-state index is 11.3. The molecular formula is C17H25NO2. The Labute approximate surface area is 121 Å². The smallest absolute Gasteiger partial charge is 0.311 e. The molecular weight excluding hydrogens is 250 g/mol. The predicted molar refractivity (Wildman–Crippen MR) is 82.4 cm³/mol. The Hall–Kier alpha value is -1.51. The Morgan fingerprint density at radius 3 is 2.75 bits per heavy atom. The van der Waals surface area contributed by atoms with Gasteiger partial charge < -0.3 is 10.0 Å². The number of carboxylic acids is 1. The Morgan fingerprint density at radius 2 is 2.00 bits per heavy atom. The minimum atomic E-state index is -0.694. The van der Waals surface area contributed by atoms with Crippen LogP contribution in [0.3, 0.4) is 0 Å². The second-order valence-corrected chi connectivity index (χ2v) is 5.64. The molecule has 2 rings (SSSR count). The van der Waals surface area contributed by atoms with Gasteiger partial charge in [0.05, 0.1) is 5.92 Å². The van der Waals surface area contributed by atoms with E-state index in [2.05, 4.69) is 17.9 Å². The lowest BCUT2D eigenvalue weighted by Gasteiger charge is -2.34. The van der Waals surface area contributed by atoms with Crippen LogP contribution in [-0.2, 0) is 4.79 Å². The van der Waals surface area contributed by atoms with Crippen molar-refractivity contribution in [3.8, 4) is 0 Å². The molecule has 1 heterocycles. The predicted octanol–water partition coefficient (Wildman–Crippen LogP) is 4.04. The zero-order chi connectivity index (χ0) is 14.4. The third-order valence-corrected chi connectivity index (χ3v) is 4.17. The van der Waals surface area contributed by atoms with Crippen molar-refractivity contribution in [2.75, 3.05) is 18.0 Å². The van der Waals surface area contributed by atoms with Gasteiger partial charge in [0.2, 0.25) is 0 Å². The molecule has 3 heteroatoms. The average Bonchev–Trinajstić information content (AvgIpc) is 2.46. The molecule has 1 unspecified atom stereocenters. The quantitative estimate of drug-likeness (QED) is 0.764. The molecule has 1 N–H and O–H groups in total. The van der Waals surface area contributed by atoms with Crippen LogP contribution in [0.15, 0.2) is 24.3 Å². The first-order chi connectivity index (χ1) is 9.74. The normalized spacial score (nSPS) is 17.9. The molecule has 0 aliphatic carbocycles. The molecule has 1 aromatic carbocycles. The molecule has 0 spiro atoms. The number of unbranched alkanes of at least 4 members (excludes halogenated alkanes) is 4. The van der Waals surface area contributed by atoms with Gasteiger partial charge in [-0.05, 0) is 24.5 Å². The first kappa shape index (κ1) is 14.9. The van der Waals surface area contributed by atoms with Gasteiger partial charge in [0.25, 0.3) is 0 Å². The monoisotopic (exact) mass is 275 g/mol. The van der Waals surface area contributed by atoms with Crippen LogP contribution in [0.4, 0.5) is 5.69 Å². The largest absolute Gasteiger partial charge is 0.481 e. The van der Waals surface area contributed by atoms with Crippen LogP contribution in [0.1, 0.15) is 56.9 Å². The average molecular weight is 275 g/mol. The molecule has 1 aliphatic rings. The van der Waals surface area contributed by atoms with E-state index in [0.717, 1.165) is 30.8 Å². The van der Waals surface area contributed by atoms with Gasteiger partial charge in [-0.2, -0.15) is 0 Å². The number of rotatable bonds is 7. The summed E-state index contributed by atoms with van der Waals surface area (Å²) in [6.45, 7) is 4.14. The summed E-state index contributed by atoms with van der Waals surface area (Å²) in [6.07, 6.45) is 7.09. The Morgan fingerprint density at radius 1 is 1.25 bits per heavy atom. The topological polar surface area (TPSA) is 40.5 Å². The van der Waals surface area contributed by atoms with Crippen LogP contribution in [0.2, 0.25) is 0 Å². The third kappa shape index (κ3) is 3.53. The minimum absolute atomic E-state index is 0.331. The fourth-order valence-corrected chi connectivity index (χ4v) is 3.03. The van der Waals surface area contributed by atoms with Crippen LogP contribution in [0, 0.1) is 0 Å². The van der Waals surface area contributed by atoms with E-state index in [1.54, 1.807) is 0 Å². The summed E-state index contributed by atoms with van der Waals surface area (Å²) in [7, 11) is 0. The standard InChI is InChI=1S/C17H25NO2/c1-2-3-4-5-8-12-18-13-11-15(17(19)20)14-9-6-7-10-16(14)18/h6-7,9-10,15H,2-5,8,11-13H2,1H3,(H,19,20). The SMILES string of the molecule is CCCCCCCN1CCC(C(=O)O)c2ccccc21. The van der Waals surface area contributed by atoms with Crippen molar-refractivity contribution in [3.05, 3.63) is 29.8 Å². The Bertz CT molecular complexity index is 444. The summed E-state index contributed by atoms with van der Waals surface area (Å²) in [5.74, 6) is -1.03. The zero-order valence-electron chi connectivity index (χ0n) is 12.3. The lowest BCUT2D eigenvalue weighted by Crippen LogP contribution is -2.34. The number of carboxylic acid groups (broad SMARTS) is 1. The molecule has 1 atom stereocenters. The van der Waals surface area contributed by atoms with E-state index >= 15 is 0 Å². The number of nitrogens with zero attached hydrogens (tertiary/aromatic N) is 1. The van der Waals surface area contributed by atoms with Crippen LogP contribution in [-0.4, -0.2) is 24.2 Å². The summed E-state index contributed by atoms with van der Waals surface area (Å²) in [5, 5.41) is 9.33.